The Morgan fingerprint density at radius 2 is 2.00 bits per heavy atom. The minimum Gasteiger partial charge on any atom is -0.309 e. The standard InChI is InChI=1S/C15H20N2O/c1-10-9-13(16-2)15(18)17(11-7-8-11)14-6-4-3-5-12(10)14/h3-6,10-11,13,16H,7-9H2,1-2H3. The van der Waals surface area contributed by atoms with Crippen LogP contribution < -0.4 is 10.2 Å². The molecule has 3 nitrogen and oxygen atoms in total. The number of hydrogen-bond acceptors (Lipinski definition) is 2. The van der Waals surface area contributed by atoms with E-state index in [1.165, 1.54) is 5.56 Å². The molecule has 2 atom stereocenters. The Labute approximate surface area is 108 Å². The first kappa shape index (κ1) is 11.7. The number of benzene rings is 1. The van der Waals surface area contributed by atoms with Gasteiger partial charge in [-0.1, -0.05) is 25.1 Å². The zero-order chi connectivity index (χ0) is 12.7. The number of nitrogens with one attached hydrogen (secondary N) is 1. The van der Waals surface area contributed by atoms with Crippen LogP contribution in [0.25, 0.3) is 0 Å². The van der Waals surface area contributed by atoms with Crippen molar-refractivity contribution in [1.29, 1.82) is 0 Å². The van der Waals surface area contributed by atoms with Gasteiger partial charge < -0.3 is 10.2 Å². The van der Waals surface area contributed by atoms with Crippen LogP contribution in [-0.2, 0) is 4.79 Å². The number of likely N-dealkylation sites (N-methyl/N-ethyl adjacent to an activating group) is 1. The first-order valence-electron chi connectivity index (χ1n) is 6.81. The van der Waals surface area contributed by atoms with Gasteiger partial charge in [-0.3, -0.25) is 4.79 Å². The highest BCUT2D eigenvalue weighted by atomic mass is 16.2. The van der Waals surface area contributed by atoms with E-state index in [-0.39, 0.29) is 11.9 Å². The van der Waals surface area contributed by atoms with Crippen LogP contribution in [0.15, 0.2) is 24.3 Å². The Bertz CT molecular complexity index is 467. The third-order valence-corrected chi connectivity index (χ3v) is 4.11. The van der Waals surface area contributed by atoms with Crippen molar-refractivity contribution in [3.63, 3.8) is 0 Å². The number of para-hydroxylation sites is 1. The van der Waals surface area contributed by atoms with Crippen molar-refractivity contribution < 1.29 is 4.79 Å². The van der Waals surface area contributed by atoms with E-state index < -0.39 is 0 Å². The van der Waals surface area contributed by atoms with Crippen molar-refractivity contribution in [1.82, 2.24) is 5.32 Å². The molecule has 1 aliphatic carbocycles. The van der Waals surface area contributed by atoms with E-state index in [1.807, 2.05) is 18.0 Å². The monoisotopic (exact) mass is 244 g/mol. The van der Waals surface area contributed by atoms with Crippen LogP contribution in [-0.4, -0.2) is 25.0 Å². The predicted molar refractivity (Wildman–Crippen MR) is 72.8 cm³/mol. The van der Waals surface area contributed by atoms with Gasteiger partial charge in [0.25, 0.3) is 0 Å². The van der Waals surface area contributed by atoms with Crippen molar-refractivity contribution in [2.24, 2.45) is 0 Å². The largest absolute Gasteiger partial charge is 0.309 e. The van der Waals surface area contributed by atoms with E-state index in [0.29, 0.717) is 12.0 Å². The van der Waals surface area contributed by atoms with Gasteiger partial charge in [-0.25, -0.2) is 0 Å². The molecule has 1 saturated carbocycles. The summed E-state index contributed by atoms with van der Waals surface area (Å²) in [4.78, 5) is 14.7. The van der Waals surface area contributed by atoms with Crippen molar-refractivity contribution >= 4 is 11.6 Å². The summed E-state index contributed by atoms with van der Waals surface area (Å²) in [5, 5.41) is 3.18. The average molecular weight is 244 g/mol. The second-order valence-electron chi connectivity index (χ2n) is 5.48. The van der Waals surface area contributed by atoms with Gasteiger partial charge in [0.15, 0.2) is 0 Å². The van der Waals surface area contributed by atoms with Crippen molar-refractivity contribution in [3.05, 3.63) is 29.8 Å². The summed E-state index contributed by atoms with van der Waals surface area (Å²) in [6.07, 6.45) is 3.17. The lowest BCUT2D eigenvalue weighted by Gasteiger charge is -2.25. The Morgan fingerprint density at radius 1 is 1.28 bits per heavy atom. The molecule has 3 heteroatoms. The highest BCUT2D eigenvalue weighted by Crippen LogP contribution is 2.40. The number of amides is 1. The summed E-state index contributed by atoms with van der Waals surface area (Å²) in [6, 6.07) is 8.76. The maximum atomic E-state index is 12.6. The van der Waals surface area contributed by atoms with Crippen LogP contribution in [0.2, 0.25) is 0 Å². The molecule has 0 bridgehead atoms. The van der Waals surface area contributed by atoms with Crippen molar-refractivity contribution in [2.75, 3.05) is 11.9 Å². The van der Waals surface area contributed by atoms with Gasteiger partial charge in [0.2, 0.25) is 5.91 Å². The van der Waals surface area contributed by atoms with E-state index in [4.69, 9.17) is 0 Å². The molecule has 2 unspecified atom stereocenters. The SMILES string of the molecule is CNC1CC(C)c2ccccc2N(C2CC2)C1=O. The highest BCUT2D eigenvalue weighted by molar-refractivity contribution is 5.99. The molecule has 1 aromatic rings. The molecular formula is C15H20N2O. The van der Waals surface area contributed by atoms with Crippen LogP contribution in [0.4, 0.5) is 5.69 Å². The molecule has 0 spiro atoms. The Balaban J connectivity index is 2.08. The van der Waals surface area contributed by atoms with Crippen LogP contribution in [0.1, 0.15) is 37.7 Å². The number of fused-ring (bicyclic) bond motifs is 1. The molecule has 1 amide bonds. The molecule has 1 fully saturated rings. The van der Waals surface area contributed by atoms with Crippen molar-refractivity contribution in [3.8, 4) is 0 Å². The van der Waals surface area contributed by atoms with E-state index in [0.717, 1.165) is 24.9 Å². The molecule has 96 valence electrons. The Morgan fingerprint density at radius 3 is 2.67 bits per heavy atom. The summed E-state index contributed by atoms with van der Waals surface area (Å²) < 4.78 is 0. The topological polar surface area (TPSA) is 32.3 Å². The van der Waals surface area contributed by atoms with E-state index >= 15 is 0 Å². The van der Waals surface area contributed by atoms with Gasteiger partial charge in [0, 0.05) is 11.7 Å². The first-order chi connectivity index (χ1) is 8.72. The molecule has 0 radical (unpaired) electrons. The fourth-order valence-electron chi connectivity index (χ4n) is 2.94. The smallest absolute Gasteiger partial charge is 0.244 e. The lowest BCUT2D eigenvalue weighted by atomic mass is 9.94. The van der Waals surface area contributed by atoms with Gasteiger partial charge in [-0.05, 0) is 43.9 Å². The van der Waals surface area contributed by atoms with Crippen LogP contribution in [0, 0.1) is 0 Å². The normalized spacial score (nSPS) is 27.9. The van der Waals surface area contributed by atoms with Gasteiger partial charge in [0.05, 0.1) is 6.04 Å². The maximum Gasteiger partial charge on any atom is 0.244 e. The molecule has 2 aliphatic rings. The van der Waals surface area contributed by atoms with Crippen LogP contribution in [0.5, 0.6) is 0 Å². The zero-order valence-corrected chi connectivity index (χ0v) is 11.0. The van der Waals surface area contributed by atoms with E-state index in [1.54, 1.807) is 0 Å². The molecule has 1 heterocycles. The molecule has 1 aliphatic heterocycles. The first-order valence-corrected chi connectivity index (χ1v) is 6.81. The summed E-state index contributed by atoms with van der Waals surface area (Å²) in [6.45, 7) is 2.22. The minimum absolute atomic E-state index is 0.0481. The number of nitrogens with zero attached hydrogens (tertiary/aromatic N) is 1. The molecule has 1 N–H and O–H groups in total. The molecule has 0 saturated heterocycles. The molecule has 18 heavy (non-hydrogen) atoms. The van der Waals surface area contributed by atoms with E-state index in [2.05, 4.69) is 30.4 Å². The zero-order valence-electron chi connectivity index (χ0n) is 11.0. The van der Waals surface area contributed by atoms with Crippen LogP contribution >= 0.6 is 0 Å². The van der Waals surface area contributed by atoms with Gasteiger partial charge in [0.1, 0.15) is 0 Å². The maximum absolute atomic E-state index is 12.6. The van der Waals surface area contributed by atoms with Gasteiger partial charge in [-0.2, -0.15) is 0 Å². The molecular weight excluding hydrogens is 224 g/mol. The van der Waals surface area contributed by atoms with E-state index in [9.17, 15) is 4.79 Å². The van der Waals surface area contributed by atoms with Crippen molar-refractivity contribution in [2.45, 2.75) is 44.2 Å². The summed E-state index contributed by atoms with van der Waals surface area (Å²) in [5.41, 5.74) is 2.45. The third kappa shape index (κ3) is 1.83. The predicted octanol–water partition coefficient (Wildman–Crippen LogP) is 2.28. The molecule has 3 rings (SSSR count). The second-order valence-corrected chi connectivity index (χ2v) is 5.48. The molecule has 1 aromatic carbocycles. The summed E-state index contributed by atoms with van der Waals surface area (Å²) in [7, 11) is 1.89. The lowest BCUT2D eigenvalue weighted by Crippen LogP contribution is -2.45. The lowest BCUT2D eigenvalue weighted by molar-refractivity contribution is -0.120. The highest BCUT2D eigenvalue weighted by Gasteiger charge is 2.40. The fourth-order valence-corrected chi connectivity index (χ4v) is 2.94. The molecule has 0 aromatic heterocycles. The van der Waals surface area contributed by atoms with Crippen LogP contribution in [0.3, 0.4) is 0 Å². The minimum atomic E-state index is -0.0481. The fraction of sp³-hybridized carbons (Fsp3) is 0.533. The summed E-state index contributed by atoms with van der Waals surface area (Å²) in [5.74, 6) is 0.670. The quantitative estimate of drug-likeness (QED) is 0.865. The number of anilines is 1. The third-order valence-electron chi connectivity index (χ3n) is 4.11. The Kier molecular flexibility index (Phi) is 2.86. The summed E-state index contributed by atoms with van der Waals surface area (Å²) >= 11 is 0. The number of carbonyl (C=O) groups is 1. The number of rotatable bonds is 2. The second kappa shape index (κ2) is 4.39. The average Bonchev–Trinajstić information content (AvgIpc) is 3.20. The number of carbonyl (C=O) groups excluding carboxylic acids is 1. The Hall–Kier alpha value is -1.35. The van der Waals surface area contributed by atoms with Gasteiger partial charge in [-0.15, -0.1) is 0 Å². The number of hydrogen-bond donors (Lipinski definition) is 1. The van der Waals surface area contributed by atoms with Gasteiger partial charge >= 0.3 is 0 Å².